The van der Waals surface area contributed by atoms with Crippen LogP contribution in [0.15, 0.2) is 0 Å². The van der Waals surface area contributed by atoms with Gasteiger partial charge in [-0.25, -0.2) is 0 Å². The van der Waals surface area contributed by atoms with E-state index in [1.165, 1.54) is 0 Å². The van der Waals surface area contributed by atoms with Crippen molar-refractivity contribution in [1.82, 2.24) is 0 Å². The second kappa shape index (κ2) is 9.45. The molecule has 0 spiro atoms. The summed E-state index contributed by atoms with van der Waals surface area (Å²) in [6, 6.07) is 0. The van der Waals surface area contributed by atoms with Gasteiger partial charge in [-0.05, 0) is 0 Å². The molecule has 83 valence electrons. The Labute approximate surface area is 102 Å². The third-order valence-electron chi connectivity index (χ3n) is 0. The molecule has 0 fully saturated rings. The summed E-state index contributed by atoms with van der Waals surface area (Å²) < 4.78 is 0. The van der Waals surface area contributed by atoms with Gasteiger partial charge in [-0.2, -0.15) is 13.3 Å². The van der Waals surface area contributed by atoms with Crippen molar-refractivity contribution in [2.75, 3.05) is 40.0 Å². The van der Waals surface area contributed by atoms with Gasteiger partial charge in [0.25, 0.3) is 0 Å². The van der Waals surface area contributed by atoms with E-state index in [0.717, 1.165) is 0 Å². The fourth-order valence-corrected chi connectivity index (χ4v) is 0. The average Bonchev–Trinajstić information content (AvgIpc) is 1.12. The van der Waals surface area contributed by atoms with Crippen LogP contribution in [-0.2, 0) is 22.4 Å². The van der Waals surface area contributed by atoms with E-state index in [2.05, 4.69) is 53.3 Å². The molecule has 0 amide bonds. The van der Waals surface area contributed by atoms with Gasteiger partial charge in [-0.1, -0.05) is 0 Å². The Kier molecular flexibility index (Phi) is 18.6. The maximum absolute atomic E-state index is 3.88. The normalized spacial score (nSPS) is 10.0. The van der Waals surface area contributed by atoms with Crippen molar-refractivity contribution >= 4 is 14.5 Å². The average molecular weight is 413 g/mol. The predicted octanol–water partition coefficient (Wildman–Crippen LogP) is 0.371. The zero-order valence-electron chi connectivity index (χ0n) is 8.99. The van der Waals surface area contributed by atoms with Crippen LogP contribution in [-0.4, -0.2) is 40.0 Å². The number of halogens is 1. The Bertz CT molecular complexity index is 60.0. The van der Waals surface area contributed by atoms with Crippen molar-refractivity contribution < 1.29 is 34.8 Å². The van der Waals surface area contributed by atoms with E-state index < -0.39 is 14.5 Å². The van der Waals surface area contributed by atoms with E-state index in [0.29, 0.717) is 0 Å². The Hall–Kier alpha value is 1.89. The minimum absolute atomic E-state index is 0. The van der Waals surface area contributed by atoms with Crippen LogP contribution in [0.5, 0.6) is 0 Å². The summed E-state index contributed by atoms with van der Waals surface area (Å²) in [5, 5.41) is 0. The quantitative estimate of drug-likeness (QED) is 0.306. The first-order chi connectivity index (χ1) is 4.00. The molecular formula is C8H22AuClP2-. The first-order valence-electron chi connectivity index (χ1n) is 3.32. The smallest absolute Gasteiger partial charge is 0.0215 e. The van der Waals surface area contributed by atoms with E-state index >= 15 is 0 Å². The Morgan fingerprint density at radius 1 is 0.667 bits per heavy atom. The van der Waals surface area contributed by atoms with Crippen molar-refractivity contribution in [3.8, 4) is 0 Å². The first-order valence-corrected chi connectivity index (χ1v) is 9.95. The molecule has 4 heteroatoms. The van der Waals surface area contributed by atoms with Gasteiger partial charge in [-0.3, -0.25) is 0 Å². The minimum atomic E-state index is -0.639. The topological polar surface area (TPSA) is 0 Å². The van der Waals surface area contributed by atoms with Crippen LogP contribution in [0, 0.1) is 13.3 Å². The van der Waals surface area contributed by atoms with E-state index in [9.17, 15) is 0 Å². The van der Waals surface area contributed by atoms with E-state index in [1.807, 2.05) is 0 Å². The number of hydrogen-bond donors (Lipinski definition) is 0. The van der Waals surface area contributed by atoms with Gasteiger partial charge in [0.05, 0.1) is 0 Å². The van der Waals surface area contributed by atoms with Gasteiger partial charge in [0.1, 0.15) is 0 Å². The minimum Gasteiger partial charge on any atom is -1.00 e. The summed E-state index contributed by atoms with van der Waals surface area (Å²) in [6.07, 6.45) is 0. The van der Waals surface area contributed by atoms with Crippen LogP contribution in [0.25, 0.3) is 0 Å². The van der Waals surface area contributed by atoms with Crippen molar-refractivity contribution in [1.29, 1.82) is 0 Å². The van der Waals surface area contributed by atoms with Crippen molar-refractivity contribution in [3.63, 3.8) is 0 Å². The van der Waals surface area contributed by atoms with Crippen molar-refractivity contribution in [2.24, 2.45) is 0 Å². The van der Waals surface area contributed by atoms with Crippen LogP contribution in [0.4, 0.5) is 0 Å². The molecule has 12 heavy (non-hydrogen) atoms. The number of rotatable bonds is 0. The maximum Gasteiger partial charge on any atom is 0.0215 e. The second-order valence-electron chi connectivity index (χ2n) is 4.58. The standard InChI is InChI=1S/2C4H11P.Au.ClH/c2*1-5(2,3)4;;/h2*1H2,2-4H3;;1H/p-1. The van der Waals surface area contributed by atoms with E-state index in [4.69, 9.17) is 0 Å². The molecule has 0 bridgehead atoms. The van der Waals surface area contributed by atoms with Crippen LogP contribution < -0.4 is 12.4 Å². The third-order valence-corrected chi connectivity index (χ3v) is 0. The maximum atomic E-state index is 3.88. The SMILES string of the molecule is [Au].[CH2-][P+](C)(C)C.[CH2-][P+](C)(C)C.[Cl-]. The molecule has 0 aromatic rings. The molecule has 0 aliphatic rings. The largest absolute Gasteiger partial charge is 1.00 e. The molecule has 0 aromatic carbocycles. The molecule has 0 N–H and O–H groups in total. The van der Waals surface area contributed by atoms with E-state index in [-0.39, 0.29) is 34.8 Å². The second-order valence-corrected chi connectivity index (χ2v) is 13.7. The molecule has 0 aliphatic carbocycles. The molecule has 0 aromatic heterocycles. The van der Waals surface area contributed by atoms with Crippen molar-refractivity contribution in [2.45, 2.75) is 0 Å². The van der Waals surface area contributed by atoms with Crippen LogP contribution in [0.3, 0.4) is 0 Å². The van der Waals surface area contributed by atoms with Gasteiger partial charge in [0.2, 0.25) is 0 Å². The van der Waals surface area contributed by atoms with Crippen molar-refractivity contribution in [3.05, 3.63) is 13.3 Å². The first kappa shape index (κ1) is 23.6. The Morgan fingerprint density at radius 3 is 0.667 bits per heavy atom. The number of hydrogen-bond acceptors (Lipinski definition) is 0. The Balaban J connectivity index is -0.0000000457. The zero-order chi connectivity index (χ0) is 9.00. The fraction of sp³-hybridized carbons (Fsp3) is 0.750. The fourth-order valence-electron chi connectivity index (χ4n) is 0. The van der Waals surface area contributed by atoms with Crippen LogP contribution >= 0.6 is 14.5 Å². The molecule has 1 radical (unpaired) electrons. The monoisotopic (exact) mass is 412 g/mol. The van der Waals surface area contributed by atoms with Gasteiger partial charge >= 0.3 is 0 Å². The van der Waals surface area contributed by atoms with E-state index in [1.54, 1.807) is 0 Å². The van der Waals surface area contributed by atoms with Crippen LogP contribution in [0.1, 0.15) is 0 Å². The van der Waals surface area contributed by atoms with Crippen LogP contribution in [0.2, 0.25) is 0 Å². The zero-order valence-corrected chi connectivity index (χ0v) is 13.7. The van der Waals surface area contributed by atoms with Gasteiger partial charge in [0, 0.05) is 62.4 Å². The predicted molar refractivity (Wildman–Crippen MR) is 60.1 cm³/mol. The summed E-state index contributed by atoms with van der Waals surface area (Å²) in [5.74, 6) is 0. The summed E-state index contributed by atoms with van der Waals surface area (Å²) in [7, 11) is -1.28. The molecule has 0 saturated heterocycles. The molecule has 0 heterocycles. The summed E-state index contributed by atoms with van der Waals surface area (Å²) in [6.45, 7) is 20.9. The summed E-state index contributed by atoms with van der Waals surface area (Å²) in [5.41, 5.74) is 0. The molecule has 0 aliphatic heterocycles. The molecule has 0 rings (SSSR count). The molecule has 0 atom stereocenters. The van der Waals surface area contributed by atoms with Gasteiger partial charge < -0.3 is 12.4 Å². The molecular weight excluding hydrogens is 390 g/mol. The third kappa shape index (κ3) is 395. The summed E-state index contributed by atoms with van der Waals surface area (Å²) in [4.78, 5) is 0. The molecule has 0 unspecified atom stereocenters. The molecule has 0 nitrogen and oxygen atoms in total. The van der Waals surface area contributed by atoms with Gasteiger partial charge in [-0.15, -0.1) is 14.5 Å². The molecule has 0 saturated carbocycles. The summed E-state index contributed by atoms with van der Waals surface area (Å²) >= 11 is 0. The van der Waals surface area contributed by atoms with Gasteiger partial charge in [0.15, 0.2) is 0 Å². The Morgan fingerprint density at radius 2 is 0.667 bits per heavy atom.